The number of rotatable bonds is 3. The van der Waals surface area contributed by atoms with Gasteiger partial charge in [0.1, 0.15) is 11.4 Å². The van der Waals surface area contributed by atoms with Crippen molar-refractivity contribution in [3.8, 4) is 5.75 Å². The number of hydrogen-bond acceptors (Lipinski definition) is 3. The fourth-order valence-corrected chi connectivity index (χ4v) is 4.03. The van der Waals surface area contributed by atoms with Gasteiger partial charge in [-0.05, 0) is 61.7 Å². The SMILES string of the molecule is COc1ccc(C2(O)CN(c3cccc(C)c3)C3=[N+]2CCCC3)cc1.[Br-]. The van der Waals surface area contributed by atoms with Gasteiger partial charge < -0.3 is 26.8 Å². The van der Waals surface area contributed by atoms with Crippen LogP contribution in [0.3, 0.4) is 0 Å². The molecule has 1 atom stereocenters. The predicted octanol–water partition coefficient (Wildman–Crippen LogP) is 0.268. The molecule has 138 valence electrons. The smallest absolute Gasteiger partial charge is 0.271 e. The van der Waals surface area contributed by atoms with Crippen molar-refractivity contribution in [3.63, 3.8) is 0 Å². The molecule has 0 amide bonds. The van der Waals surface area contributed by atoms with Crippen LogP contribution in [0.2, 0.25) is 0 Å². The maximum atomic E-state index is 11.6. The van der Waals surface area contributed by atoms with Crippen molar-refractivity contribution in [2.45, 2.75) is 31.9 Å². The van der Waals surface area contributed by atoms with Crippen molar-refractivity contribution < 1.29 is 31.4 Å². The summed E-state index contributed by atoms with van der Waals surface area (Å²) in [7, 11) is 1.66. The van der Waals surface area contributed by atoms with Crippen molar-refractivity contribution >= 4 is 11.5 Å². The van der Waals surface area contributed by atoms with Crippen molar-refractivity contribution in [1.82, 2.24) is 0 Å². The van der Waals surface area contributed by atoms with Gasteiger partial charge in [0.05, 0.1) is 13.7 Å². The molecule has 0 radical (unpaired) electrons. The Bertz CT molecular complexity index is 819. The summed E-state index contributed by atoms with van der Waals surface area (Å²) < 4.78 is 7.46. The molecule has 2 heterocycles. The summed E-state index contributed by atoms with van der Waals surface area (Å²) in [4.78, 5) is 2.29. The zero-order valence-electron chi connectivity index (χ0n) is 15.3. The number of aryl methyl sites for hydroxylation is 1. The topological polar surface area (TPSA) is 35.7 Å². The Morgan fingerprint density at radius 1 is 1.12 bits per heavy atom. The minimum Gasteiger partial charge on any atom is -1.00 e. The first-order chi connectivity index (χ1) is 12.1. The molecule has 26 heavy (non-hydrogen) atoms. The summed E-state index contributed by atoms with van der Waals surface area (Å²) in [5.41, 5.74) is 2.32. The van der Waals surface area contributed by atoms with Gasteiger partial charge in [-0.2, -0.15) is 0 Å². The lowest BCUT2D eigenvalue weighted by Crippen LogP contribution is -3.00. The molecule has 0 saturated carbocycles. The number of nitrogens with zero attached hydrogens (tertiary/aromatic N) is 2. The lowest BCUT2D eigenvalue weighted by atomic mass is 10.0. The van der Waals surface area contributed by atoms with Crippen LogP contribution in [-0.4, -0.2) is 35.7 Å². The highest BCUT2D eigenvalue weighted by Crippen LogP contribution is 2.36. The van der Waals surface area contributed by atoms with Crippen LogP contribution < -0.4 is 26.6 Å². The molecule has 0 bridgehead atoms. The number of halogens is 1. The van der Waals surface area contributed by atoms with Gasteiger partial charge in [-0.15, -0.1) is 0 Å². The molecule has 2 aliphatic heterocycles. The average molecular weight is 417 g/mol. The lowest BCUT2D eigenvalue weighted by molar-refractivity contribution is -0.661. The van der Waals surface area contributed by atoms with Gasteiger partial charge in [-0.1, -0.05) is 12.1 Å². The zero-order chi connectivity index (χ0) is 17.4. The Morgan fingerprint density at radius 2 is 1.88 bits per heavy atom. The van der Waals surface area contributed by atoms with E-state index in [0.29, 0.717) is 6.54 Å². The molecule has 1 unspecified atom stereocenters. The molecule has 0 spiro atoms. The van der Waals surface area contributed by atoms with Gasteiger partial charge in [-0.3, -0.25) is 0 Å². The highest BCUT2D eigenvalue weighted by Gasteiger charge is 2.52. The Kier molecular flexibility index (Phi) is 5.39. The van der Waals surface area contributed by atoms with Crippen LogP contribution >= 0.6 is 0 Å². The second-order valence-corrected chi connectivity index (χ2v) is 7.00. The maximum Gasteiger partial charge on any atom is 0.271 e. The van der Waals surface area contributed by atoms with Crippen LogP contribution in [0.4, 0.5) is 5.69 Å². The van der Waals surface area contributed by atoms with E-state index in [1.165, 1.54) is 17.8 Å². The number of methoxy groups -OCH3 is 1. The standard InChI is InChI=1S/C21H25N2O2.BrH/c1-16-6-5-7-18(14-16)22-15-21(24,23-13-4-3-8-20(22)23)17-9-11-19(25-2)12-10-17;/h5-7,9-12,14,24H,3-4,8,13,15H2,1-2H3;1H/q+1;/p-1. The highest BCUT2D eigenvalue weighted by molar-refractivity contribution is 5.96. The van der Waals surface area contributed by atoms with Crippen LogP contribution in [0.25, 0.3) is 0 Å². The summed E-state index contributed by atoms with van der Waals surface area (Å²) in [5.74, 6) is 2.04. The van der Waals surface area contributed by atoms with Crippen molar-refractivity contribution in [3.05, 3.63) is 59.7 Å². The first-order valence-electron chi connectivity index (χ1n) is 8.96. The summed E-state index contributed by atoms with van der Waals surface area (Å²) in [6, 6.07) is 16.3. The van der Waals surface area contributed by atoms with Crippen molar-refractivity contribution in [1.29, 1.82) is 0 Å². The fraction of sp³-hybridized carbons (Fsp3) is 0.381. The lowest BCUT2D eigenvalue weighted by Gasteiger charge is -2.24. The first-order valence-corrected chi connectivity index (χ1v) is 8.96. The van der Waals surface area contributed by atoms with E-state index < -0.39 is 5.72 Å². The molecular formula is C21H25BrN2O2. The van der Waals surface area contributed by atoms with E-state index in [2.05, 4.69) is 40.7 Å². The molecule has 2 aromatic rings. The quantitative estimate of drug-likeness (QED) is 0.729. The Balaban J connectivity index is 0.00000196. The molecule has 4 rings (SSSR count). The second kappa shape index (κ2) is 7.41. The van der Waals surface area contributed by atoms with Crippen LogP contribution in [0.5, 0.6) is 5.75 Å². The van der Waals surface area contributed by atoms with Gasteiger partial charge in [-0.25, -0.2) is 9.48 Å². The van der Waals surface area contributed by atoms with Gasteiger partial charge in [0, 0.05) is 12.0 Å². The van der Waals surface area contributed by atoms with E-state index in [-0.39, 0.29) is 17.0 Å². The number of aliphatic hydroxyl groups is 1. The van der Waals surface area contributed by atoms with E-state index in [9.17, 15) is 5.11 Å². The Labute approximate surface area is 165 Å². The maximum absolute atomic E-state index is 11.6. The van der Waals surface area contributed by atoms with Crippen LogP contribution in [0.15, 0.2) is 48.5 Å². The van der Waals surface area contributed by atoms with Crippen LogP contribution in [-0.2, 0) is 5.72 Å². The highest BCUT2D eigenvalue weighted by atomic mass is 79.9. The number of benzene rings is 2. The van der Waals surface area contributed by atoms with Gasteiger partial charge in [0.25, 0.3) is 11.6 Å². The molecule has 5 heteroatoms. The largest absolute Gasteiger partial charge is 1.00 e. The minimum atomic E-state index is -0.994. The van der Waals surface area contributed by atoms with E-state index in [1.54, 1.807) is 7.11 Å². The first kappa shape index (κ1) is 18.9. The molecule has 0 aromatic heterocycles. The number of β-amino-alcohol motifs (C(OH)–C–C–N with tert-alkyl or cyclic N) is 1. The zero-order valence-corrected chi connectivity index (χ0v) is 16.9. The van der Waals surface area contributed by atoms with Crippen LogP contribution in [0, 0.1) is 6.92 Å². The Morgan fingerprint density at radius 3 is 2.58 bits per heavy atom. The molecule has 0 fully saturated rings. The van der Waals surface area contributed by atoms with Crippen molar-refractivity contribution in [2.24, 2.45) is 0 Å². The summed E-state index contributed by atoms with van der Waals surface area (Å²) in [6.45, 7) is 3.55. The van der Waals surface area contributed by atoms with E-state index >= 15 is 0 Å². The molecule has 1 N–H and O–H groups in total. The van der Waals surface area contributed by atoms with Crippen molar-refractivity contribution in [2.75, 3.05) is 25.1 Å². The van der Waals surface area contributed by atoms with Gasteiger partial charge in [0.15, 0.2) is 6.54 Å². The minimum absolute atomic E-state index is 0. The molecule has 2 aromatic carbocycles. The molecule has 4 nitrogen and oxygen atoms in total. The predicted molar refractivity (Wildman–Crippen MR) is 99.4 cm³/mol. The number of amidine groups is 1. The number of hydrogen-bond donors (Lipinski definition) is 1. The third-order valence-electron chi connectivity index (χ3n) is 5.35. The Hall–Kier alpha value is -1.85. The van der Waals surface area contributed by atoms with Crippen LogP contribution in [0.1, 0.15) is 30.4 Å². The normalized spacial score (nSPS) is 22.0. The van der Waals surface area contributed by atoms with E-state index in [1.807, 2.05) is 24.3 Å². The van der Waals surface area contributed by atoms with Gasteiger partial charge >= 0.3 is 0 Å². The molecular weight excluding hydrogens is 392 g/mol. The molecule has 0 saturated heterocycles. The van der Waals surface area contributed by atoms with E-state index in [4.69, 9.17) is 4.74 Å². The summed E-state index contributed by atoms with van der Waals surface area (Å²) >= 11 is 0. The summed E-state index contributed by atoms with van der Waals surface area (Å²) in [5, 5.41) is 11.6. The van der Waals surface area contributed by atoms with E-state index in [0.717, 1.165) is 36.4 Å². The number of ether oxygens (including phenoxy) is 1. The molecule has 0 aliphatic carbocycles. The second-order valence-electron chi connectivity index (χ2n) is 7.00. The molecule has 2 aliphatic rings. The summed E-state index contributed by atoms with van der Waals surface area (Å²) in [6.07, 6.45) is 3.29. The van der Waals surface area contributed by atoms with Gasteiger partial charge in [0.2, 0.25) is 0 Å². The third-order valence-corrected chi connectivity index (χ3v) is 5.35. The monoisotopic (exact) mass is 416 g/mol. The average Bonchev–Trinajstić information content (AvgIpc) is 2.96. The number of anilines is 1. The third kappa shape index (κ3) is 3.14. The fourth-order valence-electron chi connectivity index (χ4n) is 4.03.